The molecule has 0 aliphatic heterocycles. The fraction of sp³-hybridized carbons (Fsp3) is 0.471. The van der Waals surface area contributed by atoms with Gasteiger partial charge in [-0.1, -0.05) is 71.0 Å². The van der Waals surface area contributed by atoms with Crippen molar-refractivity contribution in [3.05, 3.63) is 48.6 Å². The molecule has 18 heavy (non-hydrogen) atoms. The Kier molecular flexibility index (Phi) is 21.9. The zero-order valence-corrected chi connectivity index (χ0v) is 11.7. The van der Waals surface area contributed by atoms with Crippen LogP contribution in [0.5, 0.6) is 0 Å². The van der Waals surface area contributed by atoms with Crippen LogP contribution in [0.4, 0.5) is 0 Å². The number of ketones is 1. The van der Waals surface area contributed by atoms with Crippen LogP contribution in [0.2, 0.25) is 0 Å². The molecule has 0 bridgehead atoms. The average molecular weight is 250 g/mol. The minimum Gasteiger partial charge on any atom is -0.294 e. The predicted molar refractivity (Wildman–Crippen MR) is 84.2 cm³/mol. The van der Waals surface area contributed by atoms with Crippen LogP contribution in [0.1, 0.15) is 64.7 Å². The topological polar surface area (TPSA) is 17.1 Å². The molecule has 1 nitrogen and oxygen atoms in total. The lowest BCUT2D eigenvalue weighted by Gasteiger charge is -1.96. The van der Waals surface area contributed by atoms with E-state index in [4.69, 9.17) is 0 Å². The molecule has 0 amide bonds. The highest BCUT2D eigenvalue weighted by Gasteiger charge is 2.01. The number of carbonyl (C=O) groups excluding carboxylic acids is 1. The smallest absolute Gasteiger partial charge is 0.162 e. The average Bonchev–Trinajstić information content (AvgIpc) is 2.32. The minimum absolute atomic E-state index is 0. The Balaban J connectivity index is -0.000000276. The summed E-state index contributed by atoms with van der Waals surface area (Å²) >= 11 is 0. The van der Waals surface area contributed by atoms with E-state index in [1.54, 1.807) is 6.08 Å². The number of allylic oxidation sites excluding steroid dienone is 1. The molecule has 0 unspecified atom stereocenters. The summed E-state index contributed by atoms with van der Waals surface area (Å²) in [5, 5.41) is 0. The first-order chi connectivity index (χ1) is 8.17. The van der Waals surface area contributed by atoms with E-state index < -0.39 is 0 Å². The Hall–Kier alpha value is -1.37. The summed E-state index contributed by atoms with van der Waals surface area (Å²) in [5.41, 5.74) is 0.828. The molecule has 0 atom stereocenters. The third kappa shape index (κ3) is 14.6. The molecule has 0 radical (unpaired) electrons. The van der Waals surface area contributed by atoms with Crippen molar-refractivity contribution < 1.29 is 4.79 Å². The largest absolute Gasteiger partial charge is 0.294 e. The SMILES string of the molecule is C.C=CC.CCC.CCCC(=O)c1ccccc1. The highest BCUT2D eigenvalue weighted by Crippen LogP contribution is 2.03. The molecule has 0 saturated carbocycles. The Morgan fingerprint density at radius 3 is 1.89 bits per heavy atom. The van der Waals surface area contributed by atoms with Gasteiger partial charge in [0.2, 0.25) is 0 Å². The van der Waals surface area contributed by atoms with Crippen LogP contribution in [0.25, 0.3) is 0 Å². The molecule has 0 spiro atoms. The van der Waals surface area contributed by atoms with Gasteiger partial charge in [0.1, 0.15) is 0 Å². The molecular weight excluding hydrogens is 220 g/mol. The van der Waals surface area contributed by atoms with E-state index in [0.717, 1.165) is 12.0 Å². The van der Waals surface area contributed by atoms with Gasteiger partial charge < -0.3 is 0 Å². The first kappa shape index (κ1) is 21.9. The lowest BCUT2D eigenvalue weighted by molar-refractivity contribution is 0.0982. The van der Waals surface area contributed by atoms with Crippen molar-refractivity contribution >= 4 is 5.78 Å². The number of hydrogen-bond acceptors (Lipinski definition) is 1. The minimum atomic E-state index is 0. The number of hydrogen-bond donors (Lipinski definition) is 0. The second kappa shape index (κ2) is 18.0. The van der Waals surface area contributed by atoms with Gasteiger partial charge in [-0.25, -0.2) is 0 Å². The molecule has 1 rings (SSSR count). The Bertz CT molecular complexity index is 275. The van der Waals surface area contributed by atoms with Crippen LogP contribution >= 0.6 is 0 Å². The predicted octanol–water partition coefficient (Wildman–Crippen LogP) is 5.91. The summed E-state index contributed by atoms with van der Waals surface area (Å²) in [5.74, 6) is 0.244. The fourth-order valence-corrected chi connectivity index (χ4v) is 0.995. The molecule has 0 saturated heterocycles. The molecule has 0 heterocycles. The van der Waals surface area contributed by atoms with Gasteiger partial charge in [0, 0.05) is 12.0 Å². The summed E-state index contributed by atoms with van der Waals surface area (Å²) in [6, 6.07) is 9.42. The second-order valence-corrected chi connectivity index (χ2v) is 3.65. The van der Waals surface area contributed by atoms with E-state index in [2.05, 4.69) is 20.4 Å². The van der Waals surface area contributed by atoms with Crippen LogP contribution in [0.3, 0.4) is 0 Å². The summed E-state index contributed by atoms with van der Waals surface area (Å²) in [6.45, 7) is 11.5. The lowest BCUT2D eigenvalue weighted by Crippen LogP contribution is -1.96. The molecule has 0 fully saturated rings. The Labute approximate surface area is 114 Å². The van der Waals surface area contributed by atoms with Crippen LogP contribution in [-0.4, -0.2) is 5.78 Å². The lowest BCUT2D eigenvalue weighted by atomic mass is 10.1. The van der Waals surface area contributed by atoms with E-state index in [1.807, 2.05) is 44.2 Å². The van der Waals surface area contributed by atoms with Crippen LogP contribution in [-0.2, 0) is 0 Å². The van der Waals surface area contributed by atoms with Gasteiger partial charge in [-0.05, 0) is 13.3 Å². The van der Waals surface area contributed by atoms with Gasteiger partial charge >= 0.3 is 0 Å². The van der Waals surface area contributed by atoms with Gasteiger partial charge in [0.15, 0.2) is 5.78 Å². The fourth-order valence-electron chi connectivity index (χ4n) is 0.995. The van der Waals surface area contributed by atoms with Crippen molar-refractivity contribution in [3.8, 4) is 0 Å². The van der Waals surface area contributed by atoms with Gasteiger partial charge in [0.25, 0.3) is 0 Å². The number of Topliss-reactive ketones (excluding diaryl/α,β-unsaturated/α-hetero) is 1. The second-order valence-electron chi connectivity index (χ2n) is 3.65. The van der Waals surface area contributed by atoms with E-state index in [1.165, 1.54) is 6.42 Å². The highest BCUT2D eigenvalue weighted by atomic mass is 16.1. The van der Waals surface area contributed by atoms with Crippen molar-refractivity contribution in [2.24, 2.45) is 0 Å². The summed E-state index contributed by atoms with van der Waals surface area (Å²) in [6.07, 6.45) is 4.58. The number of carbonyl (C=O) groups is 1. The maximum absolute atomic E-state index is 11.2. The third-order valence-corrected chi connectivity index (χ3v) is 1.57. The Morgan fingerprint density at radius 1 is 1.17 bits per heavy atom. The normalized spacial score (nSPS) is 7.56. The summed E-state index contributed by atoms with van der Waals surface area (Å²) in [7, 11) is 0. The van der Waals surface area contributed by atoms with Gasteiger partial charge in [-0.2, -0.15) is 0 Å². The quantitative estimate of drug-likeness (QED) is 0.481. The van der Waals surface area contributed by atoms with Crippen LogP contribution in [0, 0.1) is 0 Å². The molecule has 0 aliphatic carbocycles. The highest BCUT2D eigenvalue weighted by molar-refractivity contribution is 5.95. The number of rotatable bonds is 3. The zero-order valence-electron chi connectivity index (χ0n) is 11.7. The monoisotopic (exact) mass is 250 g/mol. The third-order valence-electron chi connectivity index (χ3n) is 1.57. The maximum Gasteiger partial charge on any atom is 0.162 e. The zero-order chi connectivity index (χ0) is 13.5. The van der Waals surface area contributed by atoms with Gasteiger partial charge in [-0.3, -0.25) is 4.79 Å². The van der Waals surface area contributed by atoms with E-state index >= 15 is 0 Å². The van der Waals surface area contributed by atoms with Gasteiger partial charge in [-0.15, -0.1) is 6.58 Å². The van der Waals surface area contributed by atoms with E-state index in [9.17, 15) is 4.79 Å². The molecule has 1 aromatic carbocycles. The van der Waals surface area contributed by atoms with Crippen molar-refractivity contribution in [2.45, 2.75) is 54.4 Å². The molecule has 0 aromatic heterocycles. The van der Waals surface area contributed by atoms with Gasteiger partial charge in [0.05, 0.1) is 0 Å². The van der Waals surface area contributed by atoms with Crippen molar-refractivity contribution in [1.29, 1.82) is 0 Å². The van der Waals surface area contributed by atoms with E-state index in [0.29, 0.717) is 6.42 Å². The summed E-state index contributed by atoms with van der Waals surface area (Å²) in [4.78, 5) is 11.2. The number of benzene rings is 1. The van der Waals surface area contributed by atoms with Crippen LogP contribution in [0.15, 0.2) is 43.0 Å². The van der Waals surface area contributed by atoms with Crippen molar-refractivity contribution in [3.63, 3.8) is 0 Å². The van der Waals surface area contributed by atoms with Crippen LogP contribution < -0.4 is 0 Å². The van der Waals surface area contributed by atoms with E-state index in [-0.39, 0.29) is 13.2 Å². The Morgan fingerprint density at radius 2 is 1.56 bits per heavy atom. The molecule has 1 aromatic rings. The molecular formula is C17H30O. The molecule has 0 N–H and O–H groups in total. The molecule has 1 heteroatoms. The summed E-state index contributed by atoms with van der Waals surface area (Å²) < 4.78 is 0. The molecule has 0 aliphatic rings. The van der Waals surface area contributed by atoms with Crippen molar-refractivity contribution in [1.82, 2.24) is 0 Å². The van der Waals surface area contributed by atoms with Crippen molar-refractivity contribution in [2.75, 3.05) is 0 Å². The first-order valence-electron chi connectivity index (χ1n) is 6.33. The molecule has 104 valence electrons. The standard InChI is InChI=1S/C10H12O.C3H8.C3H6.CH4/c1-2-6-10(11)9-7-4-3-5-8-9;2*1-3-2;/h3-5,7-8H,2,6H2,1H3;3H2,1-2H3;3H,1H2,2H3;1H4. The maximum atomic E-state index is 11.2. The first-order valence-corrected chi connectivity index (χ1v) is 6.33.